The van der Waals surface area contributed by atoms with Crippen LogP contribution in [-0.4, -0.2) is 154 Å². The van der Waals surface area contributed by atoms with Crippen molar-refractivity contribution in [2.75, 3.05) is 114 Å². The number of ether oxygens (including phenoxy) is 2. The van der Waals surface area contributed by atoms with Gasteiger partial charge < -0.3 is 43.8 Å². The second kappa shape index (κ2) is 24.8. The van der Waals surface area contributed by atoms with Gasteiger partial charge in [-0.15, -0.1) is 0 Å². The Morgan fingerprint density at radius 2 is 0.988 bits per heavy atom. The van der Waals surface area contributed by atoms with Gasteiger partial charge in [0.15, 0.2) is 0 Å². The van der Waals surface area contributed by atoms with E-state index in [1.165, 1.54) is 63.8 Å². The van der Waals surface area contributed by atoms with E-state index in [1.807, 2.05) is 14.7 Å². The monoisotopic (exact) mass is 1110 g/mol. The summed E-state index contributed by atoms with van der Waals surface area (Å²) in [6.07, 6.45) is 17.9. The third-order valence-electron chi connectivity index (χ3n) is 20.5. The number of methoxy groups -OCH3 is 1. The normalized spacial score (nSPS) is 26.0. The van der Waals surface area contributed by atoms with Crippen LogP contribution in [0.3, 0.4) is 0 Å². The van der Waals surface area contributed by atoms with Gasteiger partial charge in [0, 0.05) is 112 Å². The summed E-state index contributed by atoms with van der Waals surface area (Å²) in [5, 5.41) is 0. The Balaban J connectivity index is 0.000000136. The van der Waals surface area contributed by atoms with Gasteiger partial charge in [-0.05, 0) is 212 Å². The fourth-order valence-corrected chi connectivity index (χ4v) is 15.9. The Morgan fingerprint density at radius 3 is 1.39 bits per heavy atom. The molecule has 12 rings (SSSR count). The average molecular weight is 1110 g/mol. The molecule has 2 atom stereocenters. The summed E-state index contributed by atoms with van der Waals surface area (Å²) >= 11 is 0. The molecular formula is C64H88F3N7O6. The highest BCUT2D eigenvalue weighted by atomic mass is 19.1. The van der Waals surface area contributed by atoms with Crippen molar-refractivity contribution in [3.63, 3.8) is 0 Å². The highest BCUT2D eigenvalue weighted by Gasteiger charge is 2.49. The first-order valence-corrected chi connectivity index (χ1v) is 30.4. The highest BCUT2D eigenvalue weighted by molar-refractivity contribution is 5.96. The van der Waals surface area contributed by atoms with Gasteiger partial charge in [-0.3, -0.25) is 14.4 Å². The summed E-state index contributed by atoms with van der Waals surface area (Å²) < 4.78 is 52.2. The Morgan fingerprint density at radius 1 is 0.550 bits per heavy atom. The first-order chi connectivity index (χ1) is 38.5. The van der Waals surface area contributed by atoms with E-state index in [4.69, 9.17) is 9.47 Å². The zero-order valence-electron chi connectivity index (χ0n) is 48.4. The number of piperidine rings is 3. The number of fused-ring (bicyclic) bond motifs is 6. The van der Waals surface area contributed by atoms with Crippen molar-refractivity contribution >= 4 is 40.9 Å². The minimum atomic E-state index is -0.239. The summed E-state index contributed by atoms with van der Waals surface area (Å²) in [7, 11) is 1.43. The Bertz CT molecular complexity index is 2690. The lowest BCUT2D eigenvalue weighted by Gasteiger charge is -2.45. The van der Waals surface area contributed by atoms with E-state index in [9.17, 15) is 32.3 Å². The van der Waals surface area contributed by atoms with Crippen molar-refractivity contribution in [3.05, 3.63) is 88.7 Å². The lowest BCUT2D eigenvalue weighted by Crippen LogP contribution is -2.49. The number of carbonyl (C=O) groups excluding carboxylic acids is 4. The van der Waals surface area contributed by atoms with E-state index in [0.29, 0.717) is 25.0 Å². The molecule has 16 heteroatoms. The van der Waals surface area contributed by atoms with Crippen LogP contribution >= 0.6 is 0 Å². The zero-order valence-corrected chi connectivity index (χ0v) is 48.4. The van der Waals surface area contributed by atoms with Crippen molar-refractivity contribution in [2.45, 2.75) is 159 Å². The molecule has 80 heavy (non-hydrogen) atoms. The van der Waals surface area contributed by atoms with Gasteiger partial charge in [0.1, 0.15) is 17.5 Å². The van der Waals surface area contributed by atoms with Crippen LogP contribution in [0.5, 0.6) is 0 Å². The van der Waals surface area contributed by atoms with Crippen LogP contribution in [0.4, 0.5) is 35.0 Å². The molecule has 1 saturated carbocycles. The van der Waals surface area contributed by atoms with Crippen LogP contribution < -0.4 is 14.7 Å². The number of hydrogen-bond donors (Lipinski definition) is 0. The fraction of sp³-hybridized carbons (Fsp3) is 0.656. The van der Waals surface area contributed by atoms with Crippen molar-refractivity contribution in [2.24, 2.45) is 11.8 Å². The van der Waals surface area contributed by atoms with E-state index in [1.54, 1.807) is 62.1 Å². The quantitative estimate of drug-likeness (QED) is 0.238. The third kappa shape index (κ3) is 12.2. The van der Waals surface area contributed by atoms with Gasteiger partial charge in [0.05, 0.1) is 13.7 Å². The number of rotatable bonds is 6. The summed E-state index contributed by atoms with van der Waals surface area (Å²) in [6, 6.07) is 15.9. The Labute approximate surface area is 473 Å². The summed E-state index contributed by atoms with van der Waals surface area (Å²) in [4.78, 5) is 63.2. The molecule has 0 bridgehead atoms. The second-order valence-corrected chi connectivity index (χ2v) is 25.2. The number of nitrogens with zero attached hydrogens (tertiary/aromatic N) is 7. The fourth-order valence-electron chi connectivity index (χ4n) is 15.9. The molecule has 3 aromatic rings. The summed E-state index contributed by atoms with van der Waals surface area (Å²) in [5.41, 5.74) is 5.50. The largest absolute Gasteiger partial charge is 0.453 e. The molecule has 0 N–H and O–H groups in total. The maximum Gasteiger partial charge on any atom is 0.409 e. The van der Waals surface area contributed by atoms with Gasteiger partial charge in [0.25, 0.3) is 0 Å². The van der Waals surface area contributed by atoms with Crippen LogP contribution in [0.1, 0.15) is 147 Å². The van der Waals surface area contributed by atoms with E-state index >= 15 is 0 Å². The molecule has 1 aliphatic carbocycles. The Hall–Kier alpha value is -5.03. The number of halogens is 3. The molecule has 13 nitrogen and oxygen atoms in total. The predicted octanol–water partition coefficient (Wildman–Crippen LogP) is 10.6. The van der Waals surface area contributed by atoms with E-state index < -0.39 is 0 Å². The maximum absolute atomic E-state index is 14.0. The van der Waals surface area contributed by atoms with Crippen molar-refractivity contribution in [1.29, 1.82) is 0 Å². The highest BCUT2D eigenvalue weighted by Crippen LogP contribution is 2.51. The summed E-state index contributed by atoms with van der Waals surface area (Å²) in [6.45, 7) is 19.6. The van der Waals surface area contributed by atoms with Crippen molar-refractivity contribution < 1.29 is 41.8 Å². The first kappa shape index (κ1) is 58.2. The lowest BCUT2D eigenvalue weighted by molar-refractivity contribution is -0.117. The van der Waals surface area contributed by atoms with Crippen LogP contribution in [0.25, 0.3) is 0 Å². The van der Waals surface area contributed by atoms with Crippen LogP contribution in [-0.2, 0) is 40.1 Å². The number of likely N-dealkylation sites (tertiary alicyclic amines) is 4. The van der Waals surface area contributed by atoms with Gasteiger partial charge in [-0.25, -0.2) is 18.0 Å². The van der Waals surface area contributed by atoms with E-state index in [0.717, 1.165) is 189 Å². The molecule has 2 unspecified atom stereocenters. The average Bonchev–Trinajstić information content (AvgIpc) is 4.40. The second-order valence-electron chi connectivity index (χ2n) is 25.2. The molecule has 436 valence electrons. The van der Waals surface area contributed by atoms with Gasteiger partial charge >= 0.3 is 6.09 Å². The molecule has 6 fully saturated rings. The zero-order chi connectivity index (χ0) is 56.3. The van der Waals surface area contributed by atoms with Gasteiger partial charge in [-0.2, -0.15) is 0 Å². The summed E-state index contributed by atoms with van der Waals surface area (Å²) in [5.74, 6) is 1.10. The molecule has 5 saturated heterocycles. The van der Waals surface area contributed by atoms with Gasteiger partial charge in [0.2, 0.25) is 17.7 Å². The van der Waals surface area contributed by atoms with Crippen LogP contribution in [0.2, 0.25) is 0 Å². The van der Waals surface area contributed by atoms with Crippen molar-refractivity contribution in [3.8, 4) is 0 Å². The number of anilines is 3. The molecule has 8 aliphatic heterocycles. The molecule has 8 heterocycles. The van der Waals surface area contributed by atoms with Crippen molar-refractivity contribution in [1.82, 2.24) is 19.6 Å². The molecule has 9 aliphatic rings. The van der Waals surface area contributed by atoms with Gasteiger partial charge in [-0.1, -0.05) is 19.8 Å². The van der Waals surface area contributed by atoms with E-state index in [2.05, 4.69) is 21.6 Å². The molecule has 0 aromatic heterocycles. The number of amides is 4. The Kier molecular flexibility index (Phi) is 18.0. The molecular weight excluding hydrogens is 1020 g/mol. The van der Waals surface area contributed by atoms with Crippen LogP contribution in [0.15, 0.2) is 54.6 Å². The molecule has 0 radical (unpaired) electrons. The third-order valence-corrected chi connectivity index (χ3v) is 20.5. The SMILES string of the molecule is CC(=O)N1CC2(CCN(CC3CCOC3)CC2)c2cc(F)ccc21.CCCC1CCC(N2CCC3(CC2)CN(C(C)=O)c2ccc(F)cc23)CC1.COC(=O)N1CCCC(N2CCC3(CC2)CN(C(C)=O)c2ccc(F)cc23)CC1. The lowest BCUT2D eigenvalue weighted by atomic mass is 9.73. The minimum Gasteiger partial charge on any atom is -0.453 e. The molecule has 3 spiro atoms. The maximum atomic E-state index is 14.0. The number of benzene rings is 3. The molecule has 3 aromatic carbocycles. The minimum absolute atomic E-state index is 0.0174. The predicted molar refractivity (Wildman–Crippen MR) is 307 cm³/mol. The number of carbonyl (C=O) groups is 4. The molecule has 4 amide bonds. The standard InChI is InChI=1S/C23H33FN2O.C22H30FN3O3.C19H25FN2O2/c1-3-4-18-5-8-20(9-6-18)25-13-11-23(12-14-25)16-26(17(2)27)22-10-7-19(24)15-21(22)23;1-16(27)26-15-22(19-14-17(23)5-6-20(19)26)8-12-24(13-9-22)18-4-3-10-25(11-7-18)21(28)29-2;1-14(23)22-13-19(17-10-16(20)2-3-18(17)22)5-7-21(8-6-19)11-15-4-9-24-12-15/h7,10,15,18,20H,3-6,8-9,11-14,16H2,1-2H3;5-6,14,18H,3-4,7-13,15H2,1-2H3;2-3,10,15H,4-9,11-13H2,1H3. The topological polar surface area (TPSA) is 109 Å². The number of hydrogen-bond acceptors (Lipinski definition) is 9. The first-order valence-electron chi connectivity index (χ1n) is 30.4. The van der Waals surface area contributed by atoms with Crippen LogP contribution in [0, 0.1) is 29.3 Å². The van der Waals surface area contributed by atoms with E-state index in [-0.39, 0.29) is 57.5 Å². The smallest absolute Gasteiger partial charge is 0.409 e.